The summed E-state index contributed by atoms with van der Waals surface area (Å²) in [5.41, 5.74) is 0. The number of benzene rings is 1. The number of para-hydroxylation sites is 1. The highest BCUT2D eigenvalue weighted by molar-refractivity contribution is 5.22. The van der Waals surface area contributed by atoms with Crippen molar-refractivity contribution < 1.29 is 18.9 Å². The second kappa shape index (κ2) is 4.05. The lowest BCUT2D eigenvalue weighted by atomic mass is 10.3. The van der Waals surface area contributed by atoms with Crippen LogP contribution in [0, 0.1) is 0 Å². The van der Waals surface area contributed by atoms with Gasteiger partial charge in [0.2, 0.25) is 0 Å². The van der Waals surface area contributed by atoms with Crippen molar-refractivity contribution in [2.75, 3.05) is 26.4 Å². The molecule has 3 rings (SSSR count). The van der Waals surface area contributed by atoms with Gasteiger partial charge in [0.1, 0.15) is 25.1 Å². The molecule has 86 valence electrons. The summed E-state index contributed by atoms with van der Waals surface area (Å²) >= 11 is 0. The summed E-state index contributed by atoms with van der Waals surface area (Å²) in [6.07, 6.45) is 0.285. The number of rotatable bonds is 6. The molecule has 0 amide bonds. The van der Waals surface area contributed by atoms with E-state index < -0.39 is 5.79 Å². The van der Waals surface area contributed by atoms with Crippen LogP contribution in [0.15, 0.2) is 30.3 Å². The molecule has 4 nitrogen and oxygen atoms in total. The lowest BCUT2D eigenvalue weighted by molar-refractivity contribution is -0.0291. The van der Waals surface area contributed by atoms with Crippen molar-refractivity contribution in [2.45, 2.75) is 11.9 Å². The highest BCUT2D eigenvalue weighted by Gasteiger charge is 2.48. The fourth-order valence-corrected chi connectivity index (χ4v) is 1.47. The van der Waals surface area contributed by atoms with Gasteiger partial charge in [-0.05, 0) is 12.1 Å². The van der Waals surface area contributed by atoms with Gasteiger partial charge in [-0.25, -0.2) is 0 Å². The molecule has 0 aromatic heterocycles. The van der Waals surface area contributed by atoms with Gasteiger partial charge >= 0.3 is 0 Å². The zero-order valence-corrected chi connectivity index (χ0v) is 8.93. The van der Waals surface area contributed by atoms with Gasteiger partial charge in [0.15, 0.2) is 0 Å². The smallest absolute Gasteiger partial charge is 0.258 e. The Kier molecular flexibility index (Phi) is 2.55. The van der Waals surface area contributed by atoms with Gasteiger partial charge < -0.3 is 18.9 Å². The van der Waals surface area contributed by atoms with Crippen LogP contribution >= 0.6 is 0 Å². The van der Waals surface area contributed by atoms with Crippen LogP contribution in [0.5, 0.6) is 5.75 Å². The maximum Gasteiger partial charge on any atom is 0.258 e. The predicted octanol–water partition coefficient (Wildman–Crippen LogP) is 1.21. The molecule has 0 bridgehead atoms. The number of epoxide rings is 2. The van der Waals surface area contributed by atoms with Crippen molar-refractivity contribution in [3.05, 3.63) is 30.3 Å². The van der Waals surface area contributed by atoms with Crippen LogP contribution in [-0.4, -0.2) is 38.3 Å². The Morgan fingerprint density at radius 3 is 2.69 bits per heavy atom. The van der Waals surface area contributed by atoms with Crippen LogP contribution in [0.25, 0.3) is 0 Å². The van der Waals surface area contributed by atoms with Crippen LogP contribution < -0.4 is 4.74 Å². The van der Waals surface area contributed by atoms with Gasteiger partial charge in [-0.3, -0.25) is 0 Å². The Balaban J connectivity index is 1.49. The van der Waals surface area contributed by atoms with Crippen molar-refractivity contribution in [3.63, 3.8) is 0 Å². The molecule has 2 aliphatic heterocycles. The Labute approximate surface area is 94.1 Å². The van der Waals surface area contributed by atoms with Crippen molar-refractivity contribution in [2.24, 2.45) is 0 Å². The molecule has 16 heavy (non-hydrogen) atoms. The van der Waals surface area contributed by atoms with E-state index in [1.807, 2.05) is 30.3 Å². The summed E-state index contributed by atoms with van der Waals surface area (Å²) < 4.78 is 21.6. The minimum absolute atomic E-state index is 0.285. The SMILES string of the molecule is c1ccc(OC2(COCC3CO3)CO2)cc1. The molecule has 1 aromatic rings. The normalized spacial score (nSPS) is 31.1. The van der Waals surface area contributed by atoms with Crippen LogP contribution in [0.2, 0.25) is 0 Å². The van der Waals surface area contributed by atoms with E-state index in [1.165, 1.54) is 0 Å². The summed E-state index contributed by atoms with van der Waals surface area (Å²) in [4.78, 5) is 0. The Morgan fingerprint density at radius 1 is 1.31 bits per heavy atom. The van der Waals surface area contributed by atoms with E-state index in [0.29, 0.717) is 19.8 Å². The third kappa shape index (κ3) is 2.52. The zero-order valence-electron chi connectivity index (χ0n) is 8.93. The van der Waals surface area contributed by atoms with Gasteiger partial charge in [0.05, 0.1) is 13.2 Å². The molecule has 2 fully saturated rings. The van der Waals surface area contributed by atoms with Crippen molar-refractivity contribution in [1.29, 1.82) is 0 Å². The second-order valence-corrected chi connectivity index (χ2v) is 4.08. The van der Waals surface area contributed by atoms with Gasteiger partial charge in [0.25, 0.3) is 5.79 Å². The Bertz CT molecular complexity index is 343. The largest absolute Gasteiger partial charge is 0.457 e. The van der Waals surface area contributed by atoms with E-state index >= 15 is 0 Å². The molecule has 2 unspecified atom stereocenters. The fraction of sp³-hybridized carbons (Fsp3) is 0.500. The third-order valence-electron chi connectivity index (χ3n) is 2.54. The Morgan fingerprint density at radius 2 is 2.06 bits per heavy atom. The van der Waals surface area contributed by atoms with Gasteiger partial charge in [-0.15, -0.1) is 0 Å². The molecule has 0 aliphatic carbocycles. The molecular formula is C12H14O4. The minimum Gasteiger partial charge on any atom is -0.457 e. The monoisotopic (exact) mass is 222 g/mol. The molecule has 1 aromatic carbocycles. The fourth-order valence-electron chi connectivity index (χ4n) is 1.47. The van der Waals surface area contributed by atoms with Crippen molar-refractivity contribution >= 4 is 0 Å². The predicted molar refractivity (Wildman–Crippen MR) is 56.3 cm³/mol. The lowest BCUT2D eigenvalue weighted by Gasteiger charge is -2.14. The number of ether oxygens (including phenoxy) is 4. The molecule has 2 aliphatic rings. The molecular weight excluding hydrogens is 208 g/mol. The molecule has 2 saturated heterocycles. The van der Waals surface area contributed by atoms with Crippen LogP contribution in [0.4, 0.5) is 0 Å². The first-order chi connectivity index (χ1) is 7.86. The lowest BCUT2D eigenvalue weighted by Crippen LogP contribution is -2.27. The van der Waals surface area contributed by atoms with E-state index in [1.54, 1.807) is 0 Å². The molecule has 0 N–H and O–H groups in total. The maximum absolute atomic E-state index is 5.73. The standard InChI is InChI=1S/C12H14O4/c1-2-4-10(5-3-1)16-12(9-15-12)8-13-6-11-7-14-11/h1-5,11H,6-9H2. The van der Waals surface area contributed by atoms with Gasteiger partial charge in [0, 0.05) is 0 Å². The summed E-state index contributed by atoms with van der Waals surface area (Å²) in [5, 5.41) is 0. The Hall–Kier alpha value is -1.10. The molecule has 0 spiro atoms. The molecule has 2 atom stereocenters. The first kappa shape index (κ1) is 10.1. The summed E-state index contributed by atoms with van der Waals surface area (Å²) in [6, 6.07) is 9.64. The maximum atomic E-state index is 5.73. The van der Waals surface area contributed by atoms with Gasteiger partial charge in [-0.1, -0.05) is 18.2 Å². The van der Waals surface area contributed by atoms with Crippen LogP contribution in [-0.2, 0) is 14.2 Å². The second-order valence-electron chi connectivity index (χ2n) is 4.08. The first-order valence-electron chi connectivity index (χ1n) is 5.44. The van der Waals surface area contributed by atoms with E-state index in [4.69, 9.17) is 18.9 Å². The average molecular weight is 222 g/mol. The van der Waals surface area contributed by atoms with Crippen molar-refractivity contribution in [3.8, 4) is 5.75 Å². The summed E-state index contributed by atoms with van der Waals surface area (Å²) in [7, 11) is 0. The van der Waals surface area contributed by atoms with E-state index in [2.05, 4.69) is 0 Å². The molecule has 0 saturated carbocycles. The van der Waals surface area contributed by atoms with E-state index in [9.17, 15) is 0 Å². The zero-order chi connectivity index (χ0) is 10.8. The number of hydrogen-bond donors (Lipinski definition) is 0. The quantitative estimate of drug-likeness (QED) is 0.678. The summed E-state index contributed by atoms with van der Waals surface area (Å²) in [6.45, 7) is 2.49. The average Bonchev–Trinajstić information content (AvgIpc) is 3.18. The van der Waals surface area contributed by atoms with Gasteiger partial charge in [-0.2, -0.15) is 0 Å². The van der Waals surface area contributed by atoms with E-state index in [-0.39, 0.29) is 6.10 Å². The van der Waals surface area contributed by atoms with Crippen LogP contribution in [0.3, 0.4) is 0 Å². The topological polar surface area (TPSA) is 43.5 Å². The third-order valence-corrected chi connectivity index (χ3v) is 2.54. The van der Waals surface area contributed by atoms with Crippen LogP contribution in [0.1, 0.15) is 0 Å². The highest BCUT2D eigenvalue weighted by Crippen LogP contribution is 2.31. The van der Waals surface area contributed by atoms with Crippen molar-refractivity contribution in [1.82, 2.24) is 0 Å². The molecule has 4 heteroatoms. The first-order valence-corrected chi connectivity index (χ1v) is 5.44. The van der Waals surface area contributed by atoms with E-state index in [0.717, 1.165) is 12.4 Å². The summed E-state index contributed by atoms with van der Waals surface area (Å²) in [5.74, 6) is 0.252. The molecule has 0 radical (unpaired) electrons. The molecule has 2 heterocycles. The number of hydrogen-bond acceptors (Lipinski definition) is 4. The highest BCUT2D eigenvalue weighted by atomic mass is 16.8. The minimum atomic E-state index is -0.559.